The molecule has 12 heavy (non-hydrogen) atoms. The van der Waals surface area contributed by atoms with Crippen LogP contribution in [-0.4, -0.2) is 23.1 Å². The van der Waals surface area contributed by atoms with E-state index in [9.17, 15) is 10.1 Å². The van der Waals surface area contributed by atoms with Gasteiger partial charge in [0.05, 0.1) is 4.92 Å². The summed E-state index contributed by atoms with van der Waals surface area (Å²) in [6.07, 6.45) is 3.74. The summed E-state index contributed by atoms with van der Waals surface area (Å²) >= 11 is 4.61. The van der Waals surface area contributed by atoms with Crippen molar-refractivity contribution < 1.29 is 4.92 Å². The topological polar surface area (TPSA) is 55.2 Å². The first-order valence-electron chi connectivity index (χ1n) is 3.40. The maximum Gasteiger partial charge on any atom is 0.263 e. The first-order chi connectivity index (χ1) is 5.70. The van der Waals surface area contributed by atoms with Crippen molar-refractivity contribution in [2.75, 3.05) is 18.1 Å². The largest absolute Gasteiger partial charge is 0.375 e. The minimum atomic E-state index is -0.451. The third-order valence-electron chi connectivity index (χ3n) is 1.05. The summed E-state index contributed by atoms with van der Waals surface area (Å²) < 4.78 is 0. The molecule has 0 rings (SSSR count). The Hall–Kier alpha value is -0.230. The molecule has 0 aromatic carbocycles. The van der Waals surface area contributed by atoms with Gasteiger partial charge in [-0.15, -0.1) is 11.8 Å². The van der Waals surface area contributed by atoms with Crippen molar-refractivity contribution >= 4 is 27.7 Å². The van der Waals surface area contributed by atoms with Crippen LogP contribution in [-0.2, 0) is 0 Å². The molecule has 0 aromatic heterocycles. The number of thioether (sulfide) groups is 1. The Morgan fingerprint density at radius 2 is 2.50 bits per heavy atom. The molecule has 0 radical (unpaired) electrons. The first kappa shape index (κ1) is 11.8. The molecule has 6 heteroatoms. The Morgan fingerprint density at radius 3 is 2.92 bits per heavy atom. The van der Waals surface area contributed by atoms with Gasteiger partial charge in [0.15, 0.2) is 0 Å². The predicted molar refractivity (Wildman–Crippen MR) is 55.0 cm³/mol. The molecule has 4 nitrogen and oxygen atoms in total. The fraction of sp³-hybridized carbons (Fsp3) is 0.667. The summed E-state index contributed by atoms with van der Waals surface area (Å²) in [6.45, 7) is 0.756. The Labute approximate surface area is 84.1 Å². The SMILES string of the molecule is CS/C(=C/[N+](=O)[O-])NCCCBr. The van der Waals surface area contributed by atoms with Gasteiger partial charge in [-0.2, -0.15) is 0 Å². The maximum atomic E-state index is 10.1. The van der Waals surface area contributed by atoms with Crippen LogP contribution in [0.3, 0.4) is 0 Å². The van der Waals surface area contributed by atoms with Gasteiger partial charge in [0.2, 0.25) is 0 Å². The van der Waals surface area contributed by atoms with Gasteiger partial charge < -0.3 is 5.32 Å². The van der Waals surface area contributed by atoms with Crippen LogP contribution < -0.4 is 5.32 Å². The second-order valence-corrected chi connectivity index (χ2v) is 3.59. The lowest BCUT2D eigenvalue weighted by Gasteiger charge is -2.03. The molecular weight excluding hydrogens is 244 g/mol. The summed E-state index contributed by atoms with van der Waals surface area (Å²) in [5, 5.41) is 14.5. The van der Waals surface area contributed by atoms with Crippen molar-refractivity contribution in [3.63, 3.8) is 0 Å². The van der Waals surface area contributed by atoms with E-state index in [0.717, 1.165) is 24.5 Å². The molecule has 1 N–H and O–H groups in total. The Morgan fingerprint density at radius 1 is 1.83 bits per heavy atom. The highest BCUT2D eigenvalue weighted by Gasteiger charge is 1.98. The average Bonchev–Trinajstić information content (AvgIpc) is 2.02. The molecule has 0 aliphatic heterocycles. The van der Waals surface area contributed by atoms with Gasteiger partial charge in [-0.3, -0.25) is 10.1 Å². The molecule has 0 unspecified atom stereocenters. The van der Waals surface area contributed by atoms with Crippen LogP contribution in [0.15, 0.2) is 11.2 Å². The number of rotatable bonds is 6. The van der Waals surface area contributed by atoms with Gasteiger partial charge in [0.25, 0.3) is 6.20 Å². The quantitative estimate of drug-likeness (QED) is 0.340. The second-order valence-electron chi connectivity index (χ2n) is 1.95. The second kappa shape index (κ2) is 7.42. The summed E-state index contributed by atoms with van der Waals surface area (Å²) in [5.41, 5.74) is 0. The minimum absolute atomic E-state index is 0.451. The Kier molecular flexibility index (Phi) is 7.28. The monoisotopic (exact) mass is 254 g/mol. The van der Waals surface area contributed by atoms with Gasteiger partial charge in [0, 0.05) is 11.9 Å². The normalized spacial score (nSPS) is 11.3. The highest BCUT2D eigenvalue weighted by Crippen LogP contribution is 2.06. The maximum absolute atomic E-state index is 10.1. The Balaban J connectivity index is 3.75. The molecule has 0 amide bonds. The third kappa shape index (κ3) is 6.48. The number of nitro groups is 1. The first-order valence-corrected chi connectivity index (χ1v) is 5.74. The molecule has 70 valence electrons. The number of hydrogen-bond acceptors (Lipinski definition) is 4. The zero-order chi connectivity index (χ0) is 9.40. The summed E-state index contributed by atoms with van der Waals surface area (Å²) in [6, 6.07) is 0. The lowest BCUT2D eigenvalue weighted by atomic mass is 10.5. The van der Waals surface area contributed by atoms with Crippen LogP contribution in [0.1, 0.15) is 6.42 Å². The molecule has 0 spiro atoms. The summed E-state index contributed by atoms with van der Waals surface area (Å²) in [7, 11) is 0. The van der Waals surface area contributed by atoms with Gasteiger partial charge >= 0.3 is 0 Å². The summed E-state index contributed by atoms with van der Waals surface area (Å²) in [5.74, 6) is 0. The third-order valence-corrected chi connectivity index (χ3v) is 2.30. The van der Waals surface area contributed by atoms with E-state index in [1.54, 1.807) is 6.26 Å². The highest BCUT2D eigenvalue weighted by molar-refractivity contribution is 9.09. The van der Waals surface area contributed by atoms with Gasteiger partial charge in [-0.05, 0) is 12.7 Å². The molecule has 0 saturated heterocycles. The van der Waals surface area contributed by atoms with Crippen molar-refractivity contribution in [2.45, 2.75) is 6.42 Å². The van der Waals surface area contributed by atoms with E-state index in [1.165, 1.54) is 11.8 Å². The number of hydrogen-bond donors (Lipinski definition) is 1. The molecule has 0 aliphatic rings. The van der Waals surface area contributed by atoms with Crippen LogP contribution in [0.4, 0.5) is 0 Å². The fourth-order valence-corrected chi connectivity index (χ4v) is 1.26. The van der Waals surface area contributed by atoms with E-state index in [-0.39, 0.29) is 0 Å². The van der Waals surface area contributed by atoms with E-state index in [0.29, 0.717) is 5.03 Å². The molecule has 0 atom stereocenters. The molecule has 0 bridgehead atoms. The fourth-order valence-electron chi connectivity index (χ4n) is 0.545. The van der Waals surface area contributed by atoms with E-state index in [4.69, 9.17) is 0 Å². The van der Waals surface area contributed by atoms with Gasteiger partial charge in [-0.25, -0.2) is 0 Å². The minimum Gasteiger partial charge on any atom is -0.375 e. The van der Waals surface area contributed by atoms with Crippen molar-refractivity contribution in [3.8, 4) is 0 Å². The van der Waals surface area contributed by atoms with Crippen LogP contribution in [0.2, 0.25) is 0 Å². The van der Waals surface area contributed by atoms with Crippen LogP contribution in [0, 0.1) is 10.1 Å². The average molecular weight is 255 g/mol. The smallest absolute Gasteiger partial charge is 0.263 e. The van der Waals surface area contributed by atoms with Crippen molar-refractivity contribution in [1.29, 1.82) is 0 Å². The van der Waals surface area contributed by atoms with Crippen LogP contribution in [0.5, 0.6) is 0 Å². The number of alkyl halides is 1. The molecule has 0 fully saturated rings. The van der Waals surface area contributed by atoms with Crippen LogP contribution in [0.25, 0.3) is 0 Å². The standard InChI is InChI=1S/C6H11BrN2O2S/c1-12-6(5-9(10)11)8-4-2-3-7/h5,8H,2-4H2,1H3/b6-5+. The number of nitrogens with one attached hydrogen (secondary N) is 1. The predicted octanol–water partition coefficient (Wildman–Crippen LogP) is 1.80. The lowest BCUT2D eigenvalue weighted by Crippen LogP contribution is -2.13. The summed E-state index contributed by atoms with van der Waals surface area (Å²) in [4.78, 5) is 9.62. The van der Waals surface area contributed by atoms with E-state index >= 15 is 0 Å². The molecule has 0 aromatic rings. The zero-order valence-corrected chi connectivity index (χ0v) is 9.15. The van der Waals surface area contributed by atoms with Gasteiger partial charge in [-0.1, -0.05) is 15.9 Å². The molecular formula is C6H11BrN2O2S. The zero-order valence-electron chi connectivity index (χ0n) is 6.75. The molecule has 0 saturated carbocycles. The van der Waals surface area contributed by atoms with Crippen molar-refractivity contribution in [3.05, 3.63) is 21.3 Å². The van der Waals surface area contributed by atoms with E-state index in [1.807, 2.05) is 0 Å². The lowest BCUT2D eigenvalue weighted by molar-refractivity contribution is -0.403. The van der Waals surface area contributed by atoms with E-state index < -0.39 is 4.92 Å². The Bertz CT molecular complexity index is 175. The molecule has 0 heterocycles. The highest BCUT2D eigenvalue weighted by atomic mass is 79.9. The van der Waals surface area contributed by atoms with Crippen molar-refractivity contribution in [2.24, 2.45) is 0 Å². The van der Waals surface area contributed by atoms with Crippen molar-refractivity contribution in [1.82, 2.24) is 5.32 Å². The molecule has 0 aliphatic carbocycles. The van der Waals surface area contributed by atoms with E-state index in [2.05, 4.69) is 21.2 Å². The van der Waals surface area contributed by atoms with Crippen LogP contribution >= 0.6 is 27.7 Å². The number of nitrogens with zero attached hydrogens (tertiary/aromatic N) is 1. The van der Waals surface area contributed by atoms with Gasteiger partial charge in [0.1, 0.15) is 5.03 Å². The number of halogens is 1.